The van der Waals surface area contributed by atoms with Gasteiger partial charge in [-0.15, -0.1) is 0 Å². The number of hydrogen-bond donors (Lipinski definition) is 1. The van der Waals surface area contributed by atoms with E-state index in [9.17, 15) is 18.4 Å². The predicted molar refractivity (Wildman–Crippen MR) is 127 cm³/mol. The molecule has 0 saturated carbocycles. The third-order valence-electron chi connectivity index (χ3n) is 5.87. The Kier molecular flexibility index (Phi) is 6.37. The quantitative estimate of drug-likeness (QED) is 0.693. The molecule has 0 bridgehead atoms. The summed E-state index contributed by atoms with van der Waals surface area (Å²) in [6.07, 6.45) is 6.03. The lowest BCUT2D eigenvalue weighted by atomic mass is 10.1. The average molecular weight is 469 g/mol. The van der Waals surface area contributed by atoms with Gasteiger partial charge in [-0.25, -0.2) is 8.78 Å². The van der Waals surface area contributed by atoms with E-state index in [4.69, 9.17) is 4.74 Å². The Hall–Kier alpha value is -3.75. The van der Waals surface area contributed by atoms with Crippen molar-refractivity contribution in [2.75, 3.05) is 23.5 Å². The summed E-state index contributed by atoms with van der Waals surface area (Å²) in [7, 11) is 1.56. The highest BCUT2D eigenvalue weighted by Gasteiger charge is 2.34. The van der Waals surface area contributed by atoms with Gasteiger partial charge in [-0.2, -0.15) is 0 Å². The van der Waals surface area contributed by atoms with Gasteiger partial charge in [-0.1, -0.05) is 12.1 Å². The molecule has 2 aromatic rings. The van der Waals surface area contributed by atoms with E-state index in [0.29, 0.717) is 24.4 Å². The van der Waals surface area contributed by atoms with Gasteiger partial charge in [-0.05, 0) is 43.7 Å². The zero-order chi connectivity index (χ0) is 24.5. The van der Waals surface area contributed by atoms with Crippen LogP contribution in [0.25, 0.3) is 0 Å². The number of nitrogens with one attached hydrogen (secondary N) is 1. The molecule has 2 amide bonds. The zero-order valence-electron chi connectivity index (χ0n) is 19.2. The van der Waals surface area contributed by atoms with Crippen molar-refractivity contribution in [1.82, 2.24) is 5.32 Å². The van der Waals surface area contributed by atoms with Gasteiger partial charge in [0.15, 0.2) is 0 Å². The van der Waals surface area contributed by atoms with E-state index >= 15 is 0 Å². The predicted octanol–water partition coefficient (Wildman–Crippen LogP) is 4.09. The summed E-state index contributed by atoms with van der Waals surface area (Å²) in [6, 6.07) is 9.97. The first-order chi connectivity index (χ1) is 16.2. The van der Waals surface area contributed by atoms with Crippen LogP contribution in [0.5, 0.6) is 5.75 Å². The van der Waals surface area contributed by atoms with Gasteiger partial charge in [0.2, 0.25) is 5.91 Å². The van der Waals surface area contributed by atoms with Crippen molar-refractivity contribution in [2.45, 2.75) is 38.3 Å². The number of benzene rings is 2. The first-order valence-electron chi connectivity index (χ1n) is 11.0. The SMILES string of the molecule is COc1cc(N2CCC(NC(=O)c3ccc(C(C)(F)F)cc3)C2=O)ccc1N1C=CC(C)N=C1. The van der Waals surface area contributed by atoms with Crippen molar-refractivity contribution in [1.29, 1.82) is 0 Å². The lowest BCUT2D eigenvalue weighted by molar-refractivity contribution is -0.118. The molecule has 2 aromatic carbocycles. The number of carbonyl (C=O) groups is 2. The van der Waals surface area contributed by atoms with Gasteiger partial charge in [-0.3, -0.25) is 14.6 Å². The highest BCUT2D eigenvalue weighted by Crippen LogP contribution is 2.34. The Morgan fingerprint density at radius 2 is 1.94 bits per heavy atom. The van der Waals surface area contributed by atoms with Crippen molar-refractivity contribution in [3.63, 3.8) is 0 Å². The molecule has 4 rings (SSSR count). The summed E-state index contributed by atoms with van der Waals surface area (Å²) >= 11 is 0. The zero-order valence-corrected chi connectivity index (χ0v) is 19.2. The molecule has 9 heteroatoms. The summed E-state index contributed by atoms with van der Waals surface area (Å²) in [6.45, 7) is 3.21. The van der Waals surface area contributed by atoms with Crippen molar-refractivity contribution >= 4 is 29.5 Å². The van der Waals surface area contributed by atoms with E-state index in [0.717, 1.165) is 12.6 Å². The van der Waals surface area contributed by atoms with Gasteiger partial charge in [0.1, 0.15) is 11.8 Å². The van der Waals surface area contributed by atoms with Crippen molar-refractivity contribution in [3.05, 3.63) is 65.9 Å². The van der Waals surface area contributed by atoms with Crippen LogP contribution in [0.2, 0.25) is 0 Å². The van der Waals surface area contributed by atoms with Gasteiger partial charge in [0.25, 0.3) is 11.8 Å². The Morgan fingerprint density at radius 3 is 2.56 bits per heavy atom. The molecule has 0 radical (unpaired) electrons. The lowest BCUT2D eigenvalue weighted by Crippen LogP contribution is -2.41. The number of aliphatic imine (C=N–C) groups is 1. The molecule has 34 heavy (non-hydrogen) atoms. The lowest BCUT2D eigenvalue weighted by Gasteiger charge is -2.24. The van der Waals surface area contributed by atoms with Crippen LogP contribution in [0.1, 0.15) is 36.2 Å². The second-order valence-electron chi connectivity index (χ2n) is 8.38. The molecule has 178 valence electrons. The highest BCUT2D eigenvalue weighted by atomic mass is 19.3. The largest absolute Gasteiger partial charge is 0.494 e. The number of alkyl halides is 2. The number of rotatable bonds is 6. The summed E-state index contributed by atoms with van der Waals surface area (Å²) in [5, 5.41) is 2.72. The third-order valence-corrected chi connectivity index (χ3v) is 5.87. The van der Waals surface area contributed by atoms with Crippen LogP contribution in [0.15, 0.2) is 59.7 Å². The van der Waals surface area contributed by atoms with Crippen LogP contribution in [-0.2, 0) is 10.7 Å². The normalized spacial score (nSPS) is 20.1. The fourth-order valence-electron chi connectivity index (χ4n) is 3.90. The Balaban J connectivity index is 1.45. The van der Waals surface area contributed by atoms with Gasteiger partial charge >= 0.3 is 0 Å². The van der Waals surface area contributed by atoms with E-state index in [-0.39, 0.29) is 23.1 Å². The summed E-state index contributed by atoms with van der Waals surface area (Å²) in [4.78, 5) is 33.4. The fourth-order valence-corrected chi connectivity index (χ4v) is 3.90. The Morgan fingerprint density at radius 1 is 1.21 bits per heavy atom. The van der Waals surface area contributed by atoms with Crippen molar-refractivity contribution in [2.24, 2.45) is 4.99 Å². The summed E-state index contributed by atoms with van der Waals surface area (Å²) < 4.78 is 32.3. The van der Waals surface area contributed by atoms with Crippen LogP contribution >= 0.6 is 0 Å². The number of hydrogen-bond acceptors (Lipinski definition) is 5. The van der Waals surface area contributed by atoms with Crippen LogP contribution in [-0.4, -0.2) is 43.9 Å². The maximum Gasteiger partial charge on any atom is 0.270 e. The molecule has 0 aromatic heterocycles. The van der Waals surface area contributed by atoms with Crippen LogP contribution in [0, 0.1) is 0 Å². The first kappa shape index (κ1) is 23.4. The second kappa shape index (κ2) is 9.24. The number of halogens is 2. The third kappa shape index (κ3) is 4.78. The maximum atomic E-state index is 13.4. The molecule has 0 aliphatic carbocycles. The number of ether oxygens (including phenoxy) is 1. The Labute approximate surface area is 196 Å². The number of nitrogens with zero attached hydrogens (tertiary/aromatic N) is 3. The standard InChI is InChI=1S/C25H26F2N4O3/c1-16-10-12-30(15-28-16)21-9-8-19(14-22(21)34-3)31-13-11-20(24(31)33)29-23(32)17-4-6-18(7-5-17)25(2,26)27/h4-10,12,14-16,20H,11,13H2,1-3H3,(H,29,32). The molecule has 1 fully saturated rings. The molecular weight excluding hydrogens is 442 g/mol. The van der Waals surface area contributed by atoms with Gasteiger partial charge < -0.3 is 19.9 Å². The molecule has 2 atom stereocenters. The molecule has 2 aliphatic rings. The van der Waals surface area contributed by atoms with E-state index < -0.39 is 17.9 Å². The van der Waals surface area contributed by atoms with Gasteiger partial charge in [0, 0.05) is 42.5 Å². The molecule has 0 spiro atoms. The van der Waals surface area contributed by atoms with Crippen LogP contribution < -0.4 is 19.9 Å². The van der Waals surface area contributed by atoms with E-state index in [1.54, 1.807) is 24.4 Å². The minimum Gasteiger partial charge on any atom is -0.494 e. The summed E-state index contributed by atoms with van der Waals surface area (Å²) in [5.41, 5.74) is 1.49. The first-order valence-corrected chi connectivity index (χ1v) is 11.0. The molecule has 2 unspecified atom stereocenters. The van der Waals surface area contributed by atoms with Crippen LogP contribution in [0.3, 0.4) is 0 Å². The van der Waals surface area contributed by atoms with Crippen molar-refractivity contribution < 1.29 is 23.1 Å². The second-order valence-corrected chi connectivity index (χ2v) is 8.38. The number of anilines is 2. The highest BCUT2D eigenvalue weighted by molar-refractivity contribution is 6.04. The van der Waals surface area contributed by atoms with Gasteiger partial charge in [0.05, 0.1) is 25.2 Å². The smallest absolute Gasteiger partial charge is 0.270 e. The minimum atomic E-state index is -2.98. The minimum absolute atomic E-state index is 0.112. The molecule has 2 aliphatic heterocycles. The van der Waals surface area contributed by atoms with Crippen LogP contribution in [0.4, 0.5) is 20.2 Å². The van der Waals surface area contributed by atoms with E-state index in [2.05, 4.69) is 10.3 Å². The number of methoxy groups -OCH3 is 1. The molecule has 1 saturated heterocycles. The topological polar surface area (TPSA) is 74.2 Å². The summed E-state index contributed by atoms with van der Waals surface area (Å²) in [5.74, 6) is -3.13. The number of amides is 2. The van der Waals surface area contributed by atoms with E-state index in [1.807, 2.05) is 36.2 Å². The maximum absolute atomic E-state index is 13.4. The Bertz CT molecular complexity index is 1130. The average Bonchev–Trinajstić information content (AvgIpc) is 3.18. The molecule has 2 heterocycles. The fraction of sp³-hybridized carbons (Fsp3) is 0.320. The number of carbonyl (C=O) groups excluding carboxylic acids is 2. The van der Waals surface area contributed by atoms with Crippen molar-refractivity contribution in [3.8, 4) is 5.75 Å². The molecule has 1 N–H and O–H groups in total. The monoisotopic (exact) mass is 468 g/mol. The molecular formula is C25H26F2N4O3. The molecule has 7 nitrogen and oxygen atoms in total. The van der Waals surface area contributed by atoms with E-state index in [1.165, 1.54) is 24.3 Å².